The molecule has 4 rings (SSSR count). The molecule has 0 radical (unpaired) electrons. The largest absolute Gasteiger partial charge is 0.255 e. The molecule has 3 nitrogen and oxygen atoms in total. The van der Waals surface area contributed by atoms with Crippen molar-refractivity contribution in [2.45, 2.75) is 43.9 Å². The number of hydrogen-bond donors (Lipinski definition) is 0. The first-order valence-corrected chi connectivity index (χ1v) is 9.23. The van der Waals surface area contributed by atoms with Crippen molar-refractivity contribution >= 4 is 22.7 Å². The minimum Gasteiger partial charge on any atom is -0.255 e. The first kappa shape index (κ1) is 15.1. The van der Waals surface area contributed by atoms with Crippen molar-refractivity contribution in [1.82, 2.24) is 0 Å². The Morgan fingerprint density at radius 2 is 1.92 bits per heavy atom. The molecular weight excluding hydrogens is 314 g/mol. The van der Waals surface area contributed by atoms with Crippen LogP contribution in [0, 0.1) is 22.7 Å². The molecule has 1 aromatic carbocycles. The van der Waals surface area contributed by atoms with Crippen LogP contribution in [0.3, 0.4) is 0 Å². The smallest absolute Gasteiger partial charge is 0.110 e. The fourth-order valence-electron chi connectivity index (χ4n) is 4.15. The van der Waals surface area contributed by atoms with E-state index in [2.05, 4.69) is 30.3 Å². The van der Waals surface area contributed by atoms with E-state index in [9.17, 15) is 5.26 Å². The van der Waals surface area contributed by atoms with Gasteiger partial charge >= 0.3 is 0 Å². The lowest BCUT2D eigenvalue weighted by Gasteiger charge is -2.35. The Hall–Kier alpha value is -2.43. The van der Waals surface area contributed by atoms with Crippen molar-refractivity contribution in [3.63, 3.8) is 0 Å². The van der Waals surface area contributed by atoms with Gasteiger partial charge in [-0.3, -0.25) is 4.99 Å². The number of fused-ring (bicyclic) bond motifs is 2. The number of rotatable bonds is 2. The third-order valence-electron chi connectivity index (χ3n) is 5.32. The van der Waals surface area contributed by atoms with E-state index < -0.39 is 0 Å². The van der Waals surface area contributed by atoms with Crippen molar-refractivity contribution in [1.29, 1.82) is 10.5 Å². The number of benzene rings is 1. The molecule has 2 aromatic rings. The van der Waals surface area contributed by atoms with Gasteiger partial charge in [0.1, 0.15) is 10.9 Å². The maximum absolute atomic E-state index is 9.22. The van der Waals surface area contributed by atoms with Crippen LogP contribution >= 0.6 is 11.3 Å². The highest BCUT2D eigenvalue weighted by Gasteiger charge is 2.43. The Morgan fingerprint density at radius 3 is 2.62 bits per heavy atom. The summed E-state index contributed by atoms with van der Waals surface area (Å²) in [5, 5.41) is 20.3. The van der Waals surface area contributed by atoms with E-state index in [0.717, 1.165) is 40.2 Å². The van der Waals surface area contributed by atoms with E-state index >= 15 is 0 Å². The number of thiophene rings is 1. The molecule has 0 atom stereocenters. The van der Waals surface area contributed by atoms with Crippen LogP contribution in [0.15, 0.2) is 34.6 Å². The van der Waals surface area contributed by atoms with Gasteiger partial charge in [0.2, 0.25) is 0 Å². The summed E-state index contributed by atoms with van der Waals surface area (Å²) in [6.07, 6.45) is 6.28. The standard InChI is InChI=1S/C20H17N3S/c21-9-6-19-20(7-2-1-3-8-20)17-11-14(4-5-18(17)23-19)15-10-16(12-22)24-13-15/h4-5,10-11,13H,1-3,6-8H2. The van der Waals surface area contributed by atoms with Crippen molar-refractivity contribution < 1.29 is 0 Å². The summed E-state index contributed by atoms with van der Waals surface area (Å²) in [5.74, 6) is 0. The summed E-state index contributed by atoms with van der Waals surface area (Å²) >= 11 is 1.48. The van der Waals surface area contributed by atoms with Gasteiger partial charge in [0.05, 0.1) is 18.2 Å². The summed E-state index contributed by atoms with van der Waals surface area (Å²) in [6, 6.07) is 12.9. The summed E-state index contributed by atoms with van der Waals surface area (Å²) in [4.78, 5) is 5.55. The molecular formula is C20H17N3S. The van der Waals surface area contributed by atoms with Gasteiger partial charge in [-0.05, 0) is 53.1 Å². The molecule has 0 N–H and O–H groups in total. The summed E-state index contributed by atoms with van der Waals surface area (Å²) in [7, 11) is 0. The predicted octanol–water partition coefficient (Wildman–Crippen LogP) is 5.49. The Labute approximate surface area is 145 Å². The first-order valence-electron chi connectivity index (χ1n) is 8.35. The lowest BCUT2D eigenvalue weighted by atomic mass is 9.66. The van der Waals surface area contributed by atoms with Crippen LogP contribution in [0.25, 0.3) is 11.1 Å². The first-order chi connectivity index (χ1) is 11.8. The molecule has 1 aliphatic heterocycles. The topological polar surface area (TPSA) is 59.9 Å². The molecule has 0 saturated heterocycles. The van der Waals surface area contributed by atoms with Crippen LogP contribution in [0.5, 0.6) is 0 Å². The lowest BCUT2D eigenvalue weighted by molar-refractivity contribution is 0.383. The normalized spacial score (nSPS) is 17.8. The average Bonchev–Trinajstić information content (AvgIpc) is 3.20. The van der Waals surface area contributed by atoms with Crippen LogP contribution in [0.4, 0.5) is 5.69 Å². The van der Waals surface area contributed by atoms with Gasteiger partial charge in [-0.15, -0.1) is 11.3 Å². The molecule has 1 spiro atoms. The zero-order valence-corrected chi connectivity index (χ0v) is 14.2. The van der Waals surface area contributed by atoms with Gasteiger partial charge < -0.3 is 0 Å². The predicted molar refractivity (Wildman–Crippen MR) is 96.6 cm³/mol. The number of nitriles is 2. The third-order valence-corrected chi connectivity index (χ3v) is 6.15. The Balaban J connectivity index is 1.80. The second kappa shape index (κ2) is 5.89. The van der Waals surface area contributed by atoms with Gasteiger partial charge in [0.15, 0.2) is 0 Å². The third kappa shape index (κ3) is 2.27. The van der Waals surface area contributed by atoms with Gasteiger partial charge in [-0.25, -0.2) is 0 Å². The molecule has 1 saturated carbocycles. The molecule has 2 heterocycles. The van der Waals surface area contributed by atoms with Crippen LogP contribution < -0.4 is 0 Å². The van der Waals surface area contributed by atoms with Crippen molar-refractivity contribution in [2.24, 2.45) is 4.99 Å². The minimum atomic E-state index is -0.0343. The molecule has 0 amide bonds. The quantitative estimate of drug-likeness (QED) is 0.730. The van der Waals surface area contributed by atoms with Crippen LogP contribution in [-0.2, 0) is 5.41 Å². The molecule has 0 unspecified atom stereocenters. The molecule has 4 heteroatoms. The summed E-state index contributed by atoms with van der Waals surface area (Å²) in [6.45, 7) is 0. The van der Waals surface area contributed by atoms with Crippen LogP contribution in [0.1, 0.15) is 49.0 Å². The molecule has 2 aliphatic rings. The fraction of sp³-hybridized carbons (Fsp3) is 0.350. The van der Waals surface area contributed by atoms with Crippen molar-refractivity contribution in [3.05, 3.63) is 40.1 Å². The number of aliphatic imine (C=N–C) groups is 1. The highest BCUT2D eigenvalue weighted by atomic mass is 32.1. The lowest BCUT2D eigenvalue weighted by Crippen LogP contribution is -2.35. The van der Waals surface area contributed by atoms with Gasteiger partial charge in [-0.2, -0.15) is 10.5 Å². The zero-order chi connectivity index (χ0) is 16.6. The van der Waals surface area contributed by atoms with E-state index in [1.807, 2.05) is 11.4 Å². The van der Waals surface area contributed by atoms with E-state index in [4.69, 9.17) is 10.3 Å². The maximum atomic E-state index is 9.22. The fourth-order valence-corrected chi connectivity index (χ4v) is 4.85. The van der Waals surface area contributed by atoms with E-state index in [1.165, 1.54) is 36.2 Å². The van der Waals surface area contributed by atoms with E-state index in [-0.39, 0.29) is 5.41 Å². The van der Waals surface area contributed by atoms with Gasteiger partial charge in [0, 0.05) is 11.1 Å². The minimum absolute atomic E-state index is 0.0343. The Morgan fingerprint density at radius 1 is 1.08 bits per heavy atom. The monoisotopic (exact) mass is 331 g/mol. The maximum Gasteiger partial charge on any atom is 0.110 e. The number of hydrogen-bond acceptors (Lipinski definition) is 4. The van der Waals surface area contributed by atoms with Crippen molar-refractivity contribution in [2.75, 3.05) is 0 Å². The van der Waals surface area contributed by atoms with E-state index in [0.29, 0.717) is 6.42 Å². The summed E-state index contributed by atoms with van der Waals surface area (Å²) < 4.78 is 0. The van der Waals surface area contributed by atoms with E-state index in [1.54, 1.807) is 0 Å². The number of nitrogens with zero attached hydrogens (tertiary/aromatic N) is 3. The van der Waals surface area contributed by atoms with Crippen LogP contribution in [-0.4, -0.2) is 5.71 Å². The Kier molecular flexibility index (Phi) is 3.71. The molecule has 1 fully saturated rings. The SMILES string of the molecule is N#CCC1=Nc2ccc(-c3csc(C#N)c3)cc2C12CCCCC2. The molecule has 118 valence electrons. The van der Waals surface area contributed by atoms with Crippen LogP contribution in [0.2, 0.25) is 0 Å². The second-order valence-corrected chi connectivity index (χ2v) is 7.49. The highest BCUT2D eigenvalue weighted by Crippen LogP contribution is 2.50. The summed E-state index contributed by atoms with van der Waals surface area (Å²) in [5.41, 5.74) is 5.58. The Bertz CT molecular complexity index is 902. The van der Waals surface area contributed by atoms with Crippen molar-refractivity contribution in [3.8, 4) is 23.3 Å². The molecule has 1 aliphatic carbocycles. The van der Waals surface area contributed by atoms with Gasteiger partial charge in [-0.1, -0.05) is 25.3 Å². The molecule has 1 aromatic heterocycles. The second-order valence-electron chi connectivity index (χ2n) is 6.58. The highest BCUT2D eigenvalue weighted by molar-refractivity contribution is 7.10. The molecule has 0 bridgehead atoms. The van der Waals surface area contributed by atoms with Gasteiger partial charge in [0.25, 0.3) is 0 Å². The zero-order valence-electron chi connectivity index (χ0n) is 13.4. The average molecular weight is 331 g/mol. The molecule has 24 heavy (non-hydrogen) atoms.